The Kier molecular flexibility index (Phi) is 3.82. The van der Waals surface area contributed by atoms with Crippen LogP contribution >= 0.6 is 31.9 Å². The number of halogens is 2. The smallest absolute Gasteiger partial charge is 0.259 e. The molecule has 4 nitrogen and oxygen atoms in total. The van der Waals surface area contributed by atoms with Crippen LogP contribution in [-0.2, 0) is 0 Å². The summed E-state index contributed by atoms with van der Waals surface area (Å²) in [6.07, 6.45) is 0. The van der Waals surface area contributed by atoms with E-state index in [2.05, 4.69) is 42.0 Å². The maximum Gasteiger partial charge on any atom is 0.259 e. The van der Waals surface area contributed by atoms with E-state index in [1.165, 1.54) is 0 Å². The van der Waals surface area contributed by atoms with Crippen molar-refractivity contribution < 1.29 is 4.52 Å². The number of nitrogens with two attached hydrogens (primary N) is 1. The van der Waals surface area contributed by atoms with Crippen LogP contribution in [0.25, 0.3) is 22.8 Å². The molecular formula is C15H11Br2N3O. The normalized spacial score (nSPS) is 10.8. The first-order valence-electron chi connectivity index (χ1n) is 6.20. The van der Waals surface area contributed by atoms with Gasteiger partial charge in [-0.2, -0.15) is 4.98 Å². The predicted molar refractivity (Wildman–Crippen MR) is 89.7 cm³/mol. The molecule has 106 valence electrons. The summed E-state index contributed by atoms with van der Waals surface area (Å²) < 4.78 is 7.22. The third kappa shape index (κ3) is 2.87. The molecule has 0 radical (unpaired) electrons. The summed E-state index contributed by atoms with van der Waals surface area (Å²) in [6, 6.07) is 11.4. The van der Waals surface area contributed by atoms with Crippen LogP contribution in [0.2, 0.25) is 0 Å². The van der Waals surface area contributed by atoms with Crippen LogP contribution < -0.4 is 5.73 Å². The van der Waals surface area contributed by atoms with E-state index in [-0.39, 0.29) is 0 Å². The fraction of sp³-hybridized carbons (Fsp3) is 0.0667. The van der Waals surface area contributed by atoms with Gasteiger partial charge < -0.3 is 10.3 Å². The van der Waals surface area contributed by atoms with Gasteiger partial charge in [-0.15, -0.1) is 0 Å². The predicted octanol–water partition coefficient (Wildman–Crippen LogP) is 4.82. The number of hydrogen-bond acceptors (Lipinski definition) is 4. The Morgan fingerprint density at radius 1 is 1.05 bits per heavy atom. The molecule has 0 fully saturated rings. The minimum Gasteiger partial charge on any atom is -0.399 e. The van der Waals surface area contributed by atoms with Gasteiger partial charge in [0.05, 0.1) is 5.56 Å². The Labute approximate surface area is 138 Å². The number of aryl methyl sites for hydroxylation is 1. The van der Waals surface area contributed by atoms with Gasteiger partial charge in [0.25, 0.3) is 5.89 Å². The fourth-order valence-electron chi connectivity index (χ4n) is 1.89. The molecular weight excluding hydrogens is 398 g/mol. The number of nitrogen functional groups attached to an aromatic ring is 1. The molecule has 1 heterocycles. The summed E-state index contributed by atoms with van der Waals surface area (Å²) >= 11 is 6.97. The Hall–Kier alpha value is -1.66. The van der Waals surface area contributed by atoms with Crippen molar-refractivity contribution in [2.45, 2.75) is 6.92 Å². The lowest BCUT2D eigenvalue weighted by Gasteiger charge is -2.00. The largest absolute Gasteiger partial charge is 0.399 e. The molecule has 0 aliphatic rings. The highest BCUT2D eigenvalue weighted by Crippen LogP contribution is 2.31. The van der Waals surface area contributed by atoms with Crippen molar-refractivity contribution in [1.29, 1.82) is 0 Å². The van der Waals surface area contributed by atoms with E-state index in [1.807, 2.05) is 37.3 Å². The Morgan fingerprint density at radius 2 is 1.86 bits per heavy atom. The van der Waals surface area contributed by atoms with Gasteiger partial charge in [0, 0.05) is 20.2 Å². The van der Waals surface area contributed by atoms with Crippen LogP contribution in [0.1, 0.15) is 5.56 Å². The molecule has 2 aromatic carbocycles. The third-order valence-electron chi connectivity index (χ3n) is 3.08. The molecule has 0 unspecified atom stereocenters. The van der Waals surface area contributed by atoms with E-state index in [1.54, 1.807) is 6.07 Å². The summed E-state index contributed by atoms with van der Waals surface area (Å²) in [5.74, 6) is 0.973. The van der Waals surface area contributed by atoms with E-state index in [0.29, 0.717) is 17.4 Å². The lowest BCUT2D eigenvalue weighted by molar-refractivity contribution is 0.432. The van der Waals surface area contributed by atoms with E-state index < -0.39 is 0 Å². The average molecular weight is 409 g/mol. The highest BCUT2D eigenvalue weighted by Gasteiger charge is 2.14. The molecule has 2 N–H and O–H groups in total. The minimum absolute atomic E-state index is 0.431. The average Bonchev–Trinajstić information content (AvgIpc) is 2.94. The number of hydrogen-bond donors (Lipinski definition) is 1. The topological polar surface area (TPSA) is 64.9 Å². The first-order chi connectivity index (χ1) is 10.0. The van der Waals surface area contributed by atoms with Crippen LogP contribution in [0.15, 0.2) is 49.9 Å². The number of benzene rings is 2. The number of nitrogens with zero attached hydrogens (tertiary/aromatic N) is 2. The number of anilines is 1. The fourth-order valence-corrected chi connectivity index (χ4v) is 2.68. The van der Waals surface area contributed by atoms with E-state index in [4.69, 9.17) is 10.3 Å². The van der Waals surface area contributed by atoms with Crippen LogP contribution in [0.3, 0.4) is 0 Å². The van der Waals surface area contributed by atoms with Crippen LogP contribution in [-0.4, -0.2) is 10.1 Å². The van der Waals surface area contributed by atoms with Gasteiger partial charge in [-0.3, -0.25) is 0 Å². The molecule has 0 saturated heterocycles. The SMILES string of the molecule is Cc1ccc(-c2noc(-c3cc(N)ccc3Br)n2)cc1Br. The number of rotatable bonds is 2. The lowest BCUT2D eigenvalue weighted by Crippen LogP contribution is -1.87. The summed E-state index contributed by atoms with van der Waals surface area (Å²) in [6.45, 7) is 2.03. The minimum atomic E-state index is 0.431. The molecule has 0 bridgehead atoms. The summed E-state index contributed by atoms with van der Waals surface area (Å²) in [5.41, 5.74) is 9.27. The highest BCUT2D eigenvalue weighted by atomic mass is 79.9. The zero-order valence-corrected chi connectivity index (χ0v) is 14.3. The molecule has 0 aliphatic heterocycles. The molecule has 3 rings (SSSR count). The van der Waals surface area contributed by atoms with Gasteiger partial charge in [0.2, 0.25) is 5.82 Å². The van der Waals surface area contributed by atoms with Crippen molar-refractivity contribution in [3.05, 3.63) is 50.9 Å². The van der Waals surface area contributed by atoms with Gasteiger partial charge in [-0.05, 0) is 52.7 Å². The van der Waals surface area contributed by atoms with Crippen LogP contribution in [0, 0.1) is 6.92 Å². The van der Waals surface area contributed by atoms with Crippen LogP contribution in [0.5, 0.6) is 0 Å². The van der Waals surface area contributed by atoms with Crippen molar-refractivity contribution in [3.8, 4) is 22.8 Å². The van der Waals surface area contributed by atoms with E-state index >= 15 is 0 Å². The maximum atomic E-state index is 5.80. The molecule has 6 heteroatoms. The first kappa shape index (κ1) is 14.3. The van der Waals surface area contributed by atoms with Gasteiger partial charge in [0.1, 0.15) is 0 Å². The first-order valence-corrected chi connectivity index (χ1v) is 7.79. The summed E-state index contributed by atoms with van der Waals surface area (Å²) in [4.78, 5) is 4.44. The van der Waals surface area contributed by atoms with Gasteiger partial charge in [0.15, 0.2) is 0 Å². The summed E-state index contributed by atoms with van der Waals surface area (Å²) in [5, 5.41) is 4.04. The second-order valence-electron chi connectivity index (χ2n) is 4.63. The zero-order chi connectivity index (χ0) is 15.0. The monoisotopic (exact) mass is 407 g/mol. The second-order valence-corrected chi connectivity index (χ2v) is 6.34. The molecule has 0 atom stereocenters. The van der Waals surface area contributed by atoms with Gasteiger partial charge in [-0.1, -0.05) is 33.2 Å². The number of aromatic nitrogens is 2. The lowest BCUT2D eigenvalue weighted by atomic mass is 10.1. The molecule has 21 heavy (non-hydrogen) atoms. The zero-order valence-electron chi connectivity index (χ0n) is 11.1. The molecule has 0 spiro atoms. The van der Waals surface area contributed by atoms with Crippen molar-refractivity contribution in [3.63, 3.8) is 0 Å². The van der Waals surface area contributed by atoms with Crippen molar-refractivity contribution in [2.75, 3.05) is 5.73 Å². The Balaban J connectivity index is 2.03. The standard InChI is InChI=1S/C15H11Br2N3O/c1-8-2-3-9(6-13(8)17)14-19-15(21-20-14)11-7-10(18)4-5-12(11)16/h2-7H,18H2,1H3. The second kappa shape index (κ2) is 5.61. The highest BCUT2D eigenvalue weighted by molar-refractivity contribution is 9.10. The van der Waals surface area contributed by atoms with Crippen LogP contribution in [0.4, 0.5) is 5.69 Å². The van der Waals surface area contributed by atoms with E-state index in [9.17, 15) is 0 Å². The van der Waals surface area contributed by atoms with E-state index in [0.717, 1.165) is 25.6 Å². The third-order valence-corrected chi connectivity index (χ3v) is 4.62. The van der Waals surface area contributed by atoms with Gasteiger partial charge in [-0.25, -0.2) is 0 Å². The molecule has 0 saturated carbocycles. The molecule has 0 aliphatic carbocycles. The summed E-state index contributed by atoms with van der Waals surface area (Å²) in [7, 11) is 0. The van der Waals surface area contributed by atoms with Crippen molar-refractivity contribution in [2.24, 2.45) is 0 Å². The molecule has 1 aromatic heterocycles. The van der Waals surface area contributed by atoms with Gasteiger partial charge >= 0.3 is 0 Å². The van der Waals surface area contributed by atoms with Crippen molar-refractivity contribution in [1.82, 2.24) is 10.1 Å². The Morgan fingerprint density at radius 3 is 2.62 bits per heavy atom. The Bertz CT molecular complexity index is 814. The van der Waals surface area contributed by atoms with Crippen molar-refractivity contribution >= 4 is 37.5 Å². The molecule has 0 amide bonds. The molecule has 3 aromatic rings. The quantitative estimate of drug-likeness (QED) is 0.617. The maximum absolute atomic E-state index is 5.80.